The molecule has 0 saturated carbocycles. The maximum Gasteiger partial charge on any atom is 0.106 e. The molecule has 1 heterocycles. The average Bonchev–Trinajstić information content (AvgIpc) is 2.25. The highest BCUT2D eigenvalue weighted by Crippen LogP contribution is 2.06. The fourth-order valence-electron chi connectivity index (χ4n) is 1.27. The summed E-state index contributed by atoms with van der Waals surface area (Å²) in [4.78, 5) is 10.4. The molecule has 0 aliphatic carbocycles. The Labute approximate surface area is 83.8 Å². The van der Waals surface area contributed by atoms with Crippen LogP contribution in [-0.4, -0.2) is 37.4 Å². The van der Waals surface area contributed by atoms with Crippen LogP contribution in [0.2, 0.25) is 0 Å². The molecule has 1 aliphatic heterocycles. The molecule has 3 nitrogen and oxygen atoms in total. The largest absolute Gasteiger partial charge is 0.328 e. The second-order valence-corrected chi connectivity index (χ2v) is 2.77. The molecule has 13 heavy (non-hydrogen) atoms. The highest BCUT2D eigenvalue weighted by atomic mass is 16.1. The number of hydrogen-bond donors (Lipinski definition) is 1. The van der Waals surface area contributed by atoms with Crippen LogP contribution < -0.4 is 5.73 Å². The third kappa shape index (κ3) is 7.94. The van der Waals surface area contributed by atoms with Crippen LogP contribution in [0.5, 0.6) is 0 Å². The van der Waals surface area contributed by atoms with E-state index in [2.05, 4.69) is 11.8 Å². The van der Waals surface area contributed by atoms with Crippen molar-refractivity contribution < 1.29 is 6.22 Å². The second kappa shape index (κ2) is 11.6. The lowest BCUT2D eigenvalue weighted by Gasteiger charge is -2.28. The molecular weight excluding hydrogens is 164 g/mol. The molecule has 3 heteroatoms. The van der Waals surface area contributed by atoms with Crippen molar-refractivity contribution in [1.82, 2.24) is 4.90 Å². The Kier molecular flexibility index (Phi) is 13.4. The van der Waals surface area contributed by atoms with Crippen molar-refractivity contribution in [3.63, 3.8) is 0 Å². The zero-order valence-corrected chi connectivity index (χ0v) is 9.25. The number of piperidine rings is 1. The highest BCUT2D eigenvalue weighted by Gasteiger charge is 2.13. The summed E-state index contributed by atoms with van der Waals surface area (Å²) in [5.41, 5.74) is 5.72. The summed E-state index contributed by atoms with van der Waals surface area (Å²) in [6, 6.07) is 0.479. The van der Waals surface area contributed by atoms with Crippen molar-refractivity contribution in [2.45, 2.75) is 39.7 Å². The maximum atomic E-state index is 8.00. The lowest BCUT2D eigenvalue weighted by molar-refractivity contribution is -0.0979. The fraction of sp³-hybridized carbons (Fsp3) is 0.900. The van der Waals surface area contributed by atoms with Gasteiger partial charge in [0.2, 0.25) is 0 Å². The minimum atomic E-state index is 0. The molecule has 0 spiro atoms. The second-order valence-electron chi connectivity index (χ2n) is 2.77. The van der Waals surface area contributed by atoms with Crippen molar-refractivity contribution in [1.29, 1.82) is 0 Å². The van der Waals surface area contributed by atoms with Crippen molar-refractivity contribution in [3.05, 3.63) is 0 Å². The lowest BCUT2D eigenvalue weighted by atomic mass is 10.1. The molecule has 0 aromatic carbocycles. The van der Waals surface area contributed by atoms with Gasteiger partial charge >= 0.3 is 0 Å². The molecular formula is C10H26N2O. The van der Waals surface area contributed by atoms with E-state index in [4.69, 9.17) is 10.5 Å². The first-order valence-corrected chi connectivity index (χ1v) is 5.09. The number of carbonyl (C=O) groups excluding carboxylic acids is 1. The van der Waals surface area contributed by atoms with Gasteiger partial charge in [0.1, 0.15) is 6.79 Å². The molecule has 0 radical (unpaired) electrons. The first-order valence-electron chi connectivity index (χ1n) is 5.09. The Bertz CT molecular complexity index is 96.1. The standard InChI is InChI=1S/C7H16N2.C2H6.CH2O.H2/c1-2-9-5-3-7(8)4-6-9;2*1-2;/h7H,2-6,8H2,1H3;1-2H3;1H2;1H. The molecule has 0 aromatic heterocycles. The van der Waals surface area contributed by atoms with Crippen LogP contribution >= 0.6 is 0 Å². The molecule has 2 N–H and O–H groups in total. The SMILES string of the molecule is C=O.CC.CCN1CCC(N)CC1.[HH]. The molecule has 82 valence electrons. The van der Waals surface area contributed by atoms with Gasteiger partial charge in [-0.1, -0.05) is 20.8 Å². The van der Waals surface area contributed by atoms with E-state index in [1.807, 2.05) is 20.6 Å². The quantitative estimate of drug-likeness (QED) is 0.682. The van der Waals surface area contributed by atoms with Gasteiger partial charge in [-0.25, -0.2) is 0 Å². The summed E-state index contributed by atoms with van der Waals surface area (Å²) in [6.45, 7) is 11.8. The predicted octanol–water partition coefficient (Wildman–Crippen LogP) is 1.52. The van der Waals surface area contributed by atoms with Gasteiger partial charge in [-0.3, -0.25) is 0 Å². The van der Waals surface area contributed by atoms with E-state index in [1.54, 1.807) is 0 Å². The summed E-state index contributed by atoms with van der Waals surface area (Å²) in [5.74, 6) is 0. The van der Waals surface area contributed by atoms with Gasteiger partial charge in [-0.15, -0.1) is 0 Å². The van der Waals surface area contributed by atoms with Crippen molar-refractivity contribution >= 4 is 6.79 Å². The maximum absolute atomic E-state index is 8.00. The number of nitrogens with zero attached hydrogens (tertiary/aromatic N) is 1. The average molecular weight is 190 g/mol. The molecule has 0 amide bonds. The molecule has 1 saturated heterocycles. The van der Waals surface area contributed by atoms with E-state index in [0.717, 1.165) is 0 Å². The Morgan fingerprint density at radius 1 is 1.38 bits per heavy atom. The third-order valence-electron chi connectivity index (χ3n) is 2.08. The summed E-state index contributed by atoms with van der Waals surface area (Å²) in [7, 11) is 0. The molecule has 1 rings (SSSR count). The summed E-state index contributed by atoms with van der Waals surface area (Å²) >= 11 is 0. The van der Waals surface area contributed by atoms with Crippen LogP contribution in [0, 0.1) is 0 Å². The molecule has 1 aliphatic rings. The molecule has 0 bridgehead atoms. The molecule has 1 fully saturated rings. The smallest absolute Gasteiger partial charge is 0.106 e. The van der Waals surface area contributed by atoms with Crippen LogP contribution in [0.3, 0.4) is 0 Å². The van der Waals surface area contributed by atoms with E-state index in [-0.39, 0.29) is 1.43 Å². The number of rotatable bonds is 1. The first kappa shape index (κ1) is 15.1. The zero-order chi connectivity index (χ0) is 10.7. The summed E-state index contributed by atoms with van der Waals surface area (Å²) in [6.07, 6.45) is 2.38. The van der Waals surface area contributed by atoms with E-state index in [0.29, 0.717) is 6.04 Å². The van der Waals surface area contributed by atoms with E-state index in [9.17, 15) is 0 Å². The van der Waals surface area contributed by atoms with Crippen LogP contribution in [-0.2, 0) is 4.79 Å². The van der Waals surface area contributed by atoms with Crippen molar-refractivity contribution in [3.8, 4) is 0 Å². The number of likely N-dealkylation sites (tertiary alicyclic amines) is 1. The topological polar surface area (TPSA) is 46.3 Å². The number of nitrogens with two attached hydrogens (primary N) is 1. The van der Waals surface area contributed by atoms with Gasteiger partial charge in [0.05, 0.1) is 0 Å². The van der Waals surface area contributed by atoms with Gasteiger partial charge in [0.25, 0.3) is 0 Å². The van der Waals surface area contributed by atoms with E-state index >= 15 is 0 Å². The summed E-state index contributed by atoms with van der Waals surface area (Å²) in [5, 5.41) is 0. The Morgan fingerprint density at radius 2 is 1.77 bits per heavy atom. The normalized spacial score (nSPS) is 17.8. The van der Waals surface area contributed by atoms with Crippen LogP contribution in [0.15, 0.2) is 0 Å². The van der Waals surface area contributed by atoms with Gasteiger partial charge in [0, 0.05) is 7.47 Å². The van der Waals surface area contributed by atoms with Crippen LogP contribution in [0.4, 0.5) is 0 Å². The van der Waals surface area contributed by atoms with Crippen LogP contribution in [0.1, 0.15) is 35.0 Å². The van der Waals surface area contributed by atoms with Crippen LogP contribution in [0.25, 0.3) is 0 Å². The Hall–Kier alpha value is -0.410. The highest BCUT2D eigenvalue weighted by molar-refractivity contribution is 5.10. The van der Waals surface area contributed by atoms with Gasteiger partial charge in [0.15, 0.2) is 0 Å². The fourth-order valence-corrected chi connectivity index (χ4v) is 1.27. The minimum absolute atomic E-state index is 0. The molecule has 0 unspecified atom stereocenters. The zero-order valence-electron chi connectivity index (χ0n) is 9.25. The number of hydrogen-bond acceptors (Lipinski definition) is 3. The molecule has 0 atom stereocenters. The summed E-state index contributed by atoms with van der Waals surface area (Å²) < 4.78 is 0. The Morgan fingerprint density at radius 3 is 2.08 bits per heavy atom. The molecule has 0 aromatic rings. The van der Waals surface area contributed by atoms with E-state index < -0.39 is 0 Å². The first-order chi connectivity index (χ1) is 6.33. The third-order valence-corrected chi connectivity index (χ3v) is 2.08. The number of carbonyl (C=O) groups is 1. The van der Waals surface area contributed by atoms with Crippen molar-refractivity contribution in [2.75, 3.05) is 19.6 Å². The van der Waals surface area contributed by atoms with Gasteiger partial charge < -0.3 is 15.4 Å². The van der Waals surface area contributed by atoms with Crippen molar-refractivity contribution in [2.24, 2.45) is 5.73 Å². The predicted molar refractivity (Wildman–Crippen MR) is 59.9 cm³/mol. The van der Waals surface area contributed by atoms with E-state index in [1.165, 1.54) is 32.5 Å². The minimum Gasteiger partial charge on any atom is -0.328 e. The van der Waals surface area contributed by atoms with Gasteiger partial charge in [-0.05, 0) is 32.5 Å². The van der Waals surface area contributed by atoms with Gasteiger partial charge in [-0.2, -0.15) is 0 Å². The monoisotopic (exact) mass is 190 g/mol. The Balaban J connectivity index is -0.000000216. The lowest BCUT2D eigenvalue weighted by Crippen LogP contribution is -2.39.